The number of hydrogen-bond donors (Lipinski definition) is 2. The average molecular weight is 310 g/mol. The number of benzene rings is 1. The predicted molar refractivity (Wildman–Crippen MR) is 87.0 cm³/mol. The van der Waals surface area contributed by atoms with Gasteiger partial charge in [-0.3, -0.25) is 0 Å². The van der Waals surface area contributed by atoms with E-state index in [0.29, 0.717) is 17.5 Å². The summed E-state index contributed by atoms with van der Waals surface area (Å²) >= 11 is 0. The van der Waals surface area contributed by atoms with Crippen molar-refractivity contribution in [2.75, 3.05) is 11.9 Å². The number of hydrogen-bond acceptors (Lipinski definition) is 3. The van der Waals surface area contributed by atoms with Crippen molar-refractivity contribution in [3.63, 3.8) is 0 Å². The minimum atomic E-state index is -3.36. The molecule has 4 nitrogen and oxygen atoms in total. The Labute approximate surface area is 128 Å². The molecule has 1 aromatic carbocycles. The van der Waals surface area contributed by atoms with Gasteiger partial charge in [-0.2, -0.15) is 0 Å². The fourth-order valence-electron chi connectivity index (χ4n) is 2.69. The maximum Gasteiger partial charge on any atom is 0.240 e. The highest BCUT2D eigenvalue weighted by molar-refractivity contribution is 7.89. The Balaban J connectivity index is 1.96. The summed E-state index contributed by atoms with van der Waals surface area (Å²) in [7, 11) is -3.36. The first kappa shape index (κ1) is 16.3. The van der Waals surface area contributed by atoms with Crippen LogP contribution in [0, 0.1) is 5.92 Å². The van der Waals surface area contributed by atoms with Gasteiger partial charge < -0.3 is 5.32 Å². The third-order valence-electron chi connectivity index (χ3n) is 4.09. The molecule has 1 aliphatic rings. The van der Waals surface area contributed by atoms with E-state index in [1.807, 2.05) is 19.1 Å². The molecule has 0 saturated heterocycles. The zero-order chi connectivity index (χ0) is 15.3. The van der Waals surface area contributed by atoms with Crippen LogP contribution in [0.15, 0.2) is 29.2 Å². The molecule has 1 fully saturated rings. The molecule has 0 heterocycles. The van der Waals surface area contributed by atoms with Gasteiger partial charge in [-0.15, -0.1) is 0 Å². The lowest BCUT2D eigenvalue weighted by Gasteiger charge is -2.27. The highest BCUT2D eigenvalue weighted by Crippen LogP contribution is 2.26. The molecule has 1 saturated carbocycles. The molecule has 0 radical (unpaired) electrons. The van der Waals surface area contributed by atoms with E-state index in [1.54, 1.807) is 12.1 Å². The van der Waals surface area contributed by atoms with Crippen LogP contribution in [0.4, 0.5) is 5.69 Å². The van der Waals surface area contributed by atoms with E-state index in [2.05, 4.69) is 17.0 Å². The van der Waals surface area contributed by atoms with Crippen molar-refractivity contribution in [1.29, 1.82) is 0 Å². The zero-order valence-corrected chi connectivity index (χ0v) is 13.7. The molecular weight excluding hydrogens is 284 g/mol. The summed E-state index contributed by atoms with van der Waals surface area (Å²) in [4.78, 5) is 0.332. The predicted octanol–water partition coefficient (Wildman–Crippen LogP) is 3.37. The molecule has 0 aliphatic heterocycles. The standard InChI is InChI=1S/C16H26N2O2S/c1-3-12-17-21(19,20)16-10-8-15(9-11-16)18-14-6-4-13(2)5-7-14/h8-11,13-14,17-18H,3-7,12H2,1-2H3. The second kappa shape index (κ2) is 7.27. The summed E-state index contributed by atoms with van der Waals surface area (Å²) in [6.45, 7) is 4.72. The first-order valence-corrected chi connectivity index (χ1v) is 9.36. The molecule has 21 heavy (non-hydrogen) atoms. The van der Waals surface area contributed by atoms with Crippen LogP contribution in [-0.4, -0.2) is 21.0 Å². The Morgan fingerprint density at radius 2 is 1.71 bits per heavy atom. The molecule has 1 aromatic rings. The molecule has 5 heteroatoms. The van der Waals surface area contributed by atoms with E-state index in [1.165, 1.54) is 25.7 Å². The number of nitrogens with one attached hydrogen (secondary N) is 2. The highest BCUT2D eigenvalue weighted by Gasteiger charge is 2.18. The van der Waals surface area contributed by atoms with Crippen LogP contribution in [0.25, 0.3) is 0 Å². The summed E-state index contributed by atoms with van der Waals surface area (Å²) < 4.78 is 26.6. The molecule has 2 N–H and O–H groups in total. The molecule has 0 bridgehead atoms. The van der Waals surface area contributed by atoms with Crippen LogP contribution in [0.2, 0.25) is 0 Å². The molecule has 118 valence electrons. The molecule has 1 aliphatic carbocycles. The second-order valence-electron chi connectivity index (χ2n) is 6.02. The number of rotatable bonds is 6. The Hall–Kier alpha value is -1.07. The van der Waals surface area contributed by atoms with Gasteiger partial charge in [0, 0.05) is 18.3 Å². The maximum absolute atomic E-state index is 12.0. The molecule has 0 aromatic heterocycles. The fourth-order valence-corrected chi connectivity index (χ4v) is 3.82. The topological polar surface area (TPSA) is 58.2 Å². The van der Waals surface area contributed by atoms with E-state index in [9.17, 15) is 8.42 Å². The summed E-state index contributed by atoms with van der Waals surface area (Å²) in [5.41, 5.74) is 1.00. The summed E-state index contributed by atoms with van der Waals surface area (Å²) in [6.07, 6.45) is 5.72. The van der Waals surface area contributed by atoms with Crippen molar-refractivity contribution in [1.82, 2.24) is 4.72 Å². The first-order valence-electron chi connectivity index (χ1n) is 7.87. The molecule has 0 amide bonds. The third kappa shape index (κ3) is 4.71. The van der Waals surface area contributed by atoms with Crippen molar-refractivity contribution in [2.24, 2.45) is 5.92 Å². The van der Waals surface area contributed by atoms with E-state index in [-0.39, 0.29) is 0 Å². The fraction of sp³-hybridized carbons (Fsp3) is 0.625. The Bertz CT molecular complexity index is 532. The van der Waals surface area contributed by atoms with Crippen LogP contribution in [-0.2, 0) is 10.0 Å². The third-order valence-corrected chi connectivity index (χ3v) is 5.57. The number of anilines is 1. The Morgan fingerprint density at radius 3 is 2.29 bits per heavy atom. The van der Waals surface area contributed by atoms with Crippen molar-refractivity contribution < 1.29 is 8.42 Å². The summed E-state index contributed by atoms with van der Waals surface area (Å²) in [6, 6.07) is 7.58. The van der Waals surface area contributed by atoms with Gasteiger partial charge in [0.05, 0.1) is 4.90 Å². The van der Waals surface area contributed by atoms with Crippen LogP contribution in [0.1, 0.15) is 46.0 Å². The lowest BCUT2D eigenvalue weighted by Crippen LogP contribution is -2.25. The van der Waals surface area contributed by atoms with E-state index < -0.39 is 10.0 Å². The van der Waals surface area contributed by atoms with Gasteiger partial charge in [-0.05, 0) is 62.3 Å². The van der Waals surface area contributed by atoms with E-state index in [4.69, 9.17) is 0 Å². The maximum atomic E-state index is 12.0. The van der Waals surface area contributed by atoms with Gasteiger partial charge in [0.1, 0.15) is 0 Å². The first-order chi connectivity index (χ1) is 10.0. The van der Waals surface area contributed by atoms with Crippen molar-refractivity contribution in [3.05, 3.63) is 24.3 Å². The minimum absolute atomic E-state index is 0.332. The van der Waals surface area contributed by atoms with Crippen LogP contribution in [0.5, 0.6) is 0 Å². The summed E-state index contributed by atoms with van der Waals surface area (Å²) in [5, 5.41) is 3.51. The lowest BCUT2D eigenvalue weighted by atomic mass is 9.87. The minimum Gasteiger partial charge on any atom is -0.382 e. The largest absolute Gasteiger partial charge is 0.382 e. The van der Waals surface area contributed by atoms with Gasteiger partial charge in [-0.25, -0.2) is 13.1 Å². The molecule has 0 spiro atoms. The second-order valence-corrected chi connectivity index (χ2v) is 7.79. The van der Waals surface area contributed by atoms with Gasteiger partial charge in [0.25, 0.3) is 0 Å². The quantitative estimate of drug-likeness (QED) is 0.847. The smallest absolute Gasteiger partial charge is 0.240 e. The Kier molecular flexibility index (Phi) is 5.65. The van der Waals surface area contributed by atoms with Crippen molar-refractivity contribution in [3.8, 4) is 0 Å². The van der Waals surface area contributed by atoms with Crippen molar-refractivity contribution >= 4 is 15.7 Å². The average Bonchev–Trinajstić information content (AvgIpc) is 2.48. The number of sulfonamides is 1. The lowest BCUT2D eigenvalue weighted by molar-refractivity contribution is 0.361. The molecule has 0 atom stereocenters. The normalized spacial score (nSPS) is 23.0. The van der Waals surface area contributed by atoms with Gasteiger partial charge >= 0.3 is 0 Å². The molecule has 2 rings (SSSR count). The van der Waals surface area contributed by atoms with E-state index >= 15 is 0 Å². The summed E-state index contributed by atoms with van der Waals surface area (Å²) in [5.74, 6) is 0.834. The highest BCUT2D eigenvalue weighted by atomic mass is 32.2. The van der Waals surface area contributed by atoms with Crippen LogP contribution >= 0.6 is 0 Å². The van der Waals surface area contributed by atoms with Crippen LogP contribution < -0.4 is 10.0 Å². The van der Waals surface area contributed by atoms with E-state index in [0.717, 1.165) is 18.0 Å². The monoisotopic (exact) mass is 310 g/mol. The Morgan fingerprint density at radius 1 is 1.10 bits per heavy atom. The molecule has 0 unspecified atom stereocenters. The van der Waals surface area contributed by atoms with Gasteiger partial charge in [0.15, 0.2) is 0 Å². The molecular formula is C16H26N2O2S. The SMILES string of the molecule is CCCNS(=O)(=O)c1ccc(NC2CCC(C)CC2)cc1. The zero-order valence-electron chi connectivity index (χ0n) is 12.9. The van der Waals surface area contributed by atoms with Crippen LogP contribution in [0.3, 0.4) is 0 Å². The van der Waals surface area contributed by atoms with Gasteiger partial charge in [-0.1, -0.05) is 13.8 Å². The van der Waals surface area contributed by atoms with Gasteiger partial charge in [0.2, 0.25) is 10.0 Å². The van der Waals surface area contributed by atoms with Crippen molar-refractivity contribution in [2.45, 2.75) is 56.9 Å².